The van der Waals surface area contributed by atoms with Crippen LogP contribution in [-0.4, -0.2) is 30.5 Å². The predicted molar refractivity (Wildman–Crippen MR) is 105 cm³/mol. The van der Waals surface area contributed by atoms with E-state index in [9.17, 15) is 5.11 Å². The summed E-state index contributed by atoms with van der Waals surface area (Å²) >= 11 is 7.39. The second-order valence-corrected chi connectivity index (χ2v) is 6.43. The molecule has 0 spiro atoms. The van der Waals surface area contributed by atoms with E-state index in [4.69, 9.17) is 21.1 Å². The van der Waals surface area contributed by atoms with Crippen molar-refractivity contribution in [1.29, 1.82) is 0 Å². The van der Waals surface area contributed by atoms with E-state index in [2.05, 4.69) is 15.5 Å². The van der Waals surface area contributed by atoms with Crippen molar-refractivity contribution in [3.63, 3.8) is 0 Å². The first-order valence-corrected chi connectivity index (χ1v) is 8.82. The van der Waals surface area contributed by atoms with Gasteiger partial charge in [-0.1, -0.05) is 23.7 Å². The third-order valence-corrected chi connectivity index (χ3v) is 4.57. The zero-order valence-electron chi connectivity index (χ0n) is 14.1. The summed E-state index contributed by atoms with van der Waals surface area (Å²) in [5, 5.41) is 16.7. The molecule has 0 aliphatic carbocycles. The van der Waals surface area contributed by atoms with E-state index >= 15 is 0 Å². The summed E-state index contributed by atoms with van der Waals surface area (Å²) in [4.78, 5) is 4.51. The Balaban J connectivity index is 1.74. The Kier molecular flexibility index (Phi) is 5.60. The van der Waals surface area contributed by atoms with Gasteiger partial charge in [0, 0.05) is 10.9 Å². The van der Waals surface area contributed by atoms with Crippen LogP contribution in [0.15, 0.2) is 46.9 Å². The summed E-state index contributed by atoms with van der Waals surface area (Å²) < 4.78 is 10.4. The molecule has 0 fully saturated rings. The van der Waals surface area contributed by atoms with Crippen LogP contribution in [0, 0.1) is 0 Å². The molecule has 0 atom stereocenters. The first-order valence-electron chi connectivity index (χ1n) is 7.57. The largest absolute Gasteiger partial charge is 0.503 e. The minimum atomic E-state index is -0.0966. The summed E-state index contributed by atoms with van der Waals surface area (Å²) in [6, 6.07) is 10.9. The topological polar surface area (TPSA) is 76.0 Å². The molecular formula is C18H16ClN3O3S. The Morgan fingerprint density at radius 3 is 2.73 bits per heavy atom. The smallest absolute Gasteiger partial charge is 0.203 e. The van der Waals surface area contributed by atoms with Gasteiger partial charge in [-0.25, -0.2) is 4.98 Å². The van der Waals surface area contributed by atoms with Crippen LogP contribution in [0.3, 0.4) is 0 Å². The summed E-state index contributed by atoms with van der Waals surface area (Å²) in [7, 11) is 3.09. The van der Waals surface area contributed by atoms with E-state index in [0.29, 0.717) is 10.7 Å². The zero-order chi connectivity index (χ0) is 18.5. The fraction of sp³-hybridized carbons (Fsp3) is 0.111. The number of phenolic OH excluding ortho intramolecular Hbond substituents is 1. The van der Waals surface area contributed by atoms with E-state index < -0.39 is 0 Å². The van der Waals surface area contributed by atoms with Gasteiger partial charge in [0.15, 0.2) is 11.5 Å². The molecule has 0 saturated heterocycles. The van der Waals surface area contributed by atoms with Crippen molar-refractivity contribution in [3.8, 4) is 28.5 Å². The van der Waals surface area contributed by atoms with Gasteiger partial charge in [-0.3, -0.25) is 5.43 Å². The Hall–Kier alpha value is -2.77. The zero-order valence-corrected chi connectivity index (χ0v) is 15.6. The number of para-hydroxylation sites is 1. The van der Waals surface area contributed by atoms with Gasteiger partial charge < -0.3 is 14.6 Å². The van der Waals surface area contributed by atoms with Gasteiger partial charge in [0.25, 0.3) is 0 Å². The van der Waals surface area contributed by atoms with Crippen molar-refractivity contribution in [2.45, 2.75) is 0 Å². The number of hydrogen-bond acceptors (Lipinski definition) is 7. The Bertz CT molecular complexity index is 943. The molecule has 0 saturated carbocycles. The number of rotatable bonds is 6. The number of thiazole rings is 1. The normalized spacial score (nSPS) is 10.9. The lowest BCUT2D eigenvalue weighted by Crippen LogP contribution is -1.92. The summed E-state index contributed by atoms with van der Waals surface area (Å²) in [5.74, 6) is 0.950. The highest BCUT2D eigenvalue weighted by Gasteiger charge is 2.10. The lowest BCUT2D eigenvalue weighted by Gasteiger charge is -2.06. The van der Waals surface area contributed by atoms with E-state index in [0.717, 1.165) is 17.0 Å². The van der Waals surface area contributed by atoms with Crippen LogP contribution in [-0.2, 0) is 0 Å². The molecule has 6 nitrogen and oxygen atoms in total. The highest BCUT2D eigenvalue weighted by Crippen LogP contribution is 2.34. The number of ether oxygens (including phenoxy) is 2. The van der Waals surface area contributed by atoms with E-state index in [1.54, 1.807) is 25.5 Å². The summed E-state index contributed by atoms with van der Waals surface area (Å²) in [6.07, 6.45) is 1.57. The van der Waals surface area contributed by atoms with Crippen molar-refractivity contribution in [2.75, 3.05) is 19.6 Å². The first kappa shape index (κ1) is 18.0. The SMILES string of the molecule is COc1ccccc1-c1csc(N/N=C\c2cc(Cl)c(O)c(OC)c2)n1. The Morgan fingerprint density at radius 2 is 1.96 bits per heavy atom. The number of halogens is 1. The molecule has 2 aromatic carbocycles. The highest BCUT2D eigenvalue weighted by atomic mass is 35.5. The molecule has 2 N–H and O–H groups in total. The number of methoxy groups -OCH3 is 2. The molecule has 134 valence electrons. The number of aromatic hydroxyl groups is 1. The van der Waals surface area contributed by atoms with Crippen LogP contribution in [0.4, 0.5) is 5.13 Å². The third-order valence-electron chi connectivity index (χ3n) is 3.53. The fourth-order valence-corrected chi connectivity index (χ4v) is 3.17. The summed E-state index contributed by atoms with van der Waals surface area (Å²) in [6.45, 7) is 0. The van der Waals surface area contributed by atoms with Crippen molar-refractivity contribution >= 4 is 34.3 Å². The number of aromatic nitrogens is 1. The van der Waals surface area contributed by atoms with Crippen molar-refractivity contribution < 1.29 is 14.6 Å². The summed E-state index contributed by atoms with van der Waals surface area (Å²) in [5.41, 5.74) is 5.28. The molecule has 0 unspecified atom stereocenters. The third kappa shape index (κ3) is 3.89. The predicted octanol–water partition coefficient (Wildman–Crippen LogP) is 4.63. The van der Waals surface area contributed by atoms with E-state index in [1.807, 2.05) is 29.6 Å². The fourth-order valence-electron chi connectivity index (χ4n) is 2.29. The second kappa shape index (κ2) is 8.07. The number of benzene rings is 2. The number of nitrogens with zero attached hydrogens (tertiary/aromatic N) is 2. The lowest BCUT2D eigenvalue weighted by molar-refractivity contribution is 0.373. The van der Waals surface area contributed by atoms with Gasteiger partial charge in [-0.05, 0) is 29.8 Å². The van der Waals surface area contributed by atoms with Crippen LogP contribution in [0.25, 0.3) is 11.3 Å². The molecule has 0 aliphatic heterocycles. The standard InChI is InChI=1S/C18H16ClN3O3S/c1-24-15-6-4-3-5-12(15)14-10-26-18(21-14)22-20-9-11-7-13(19)17(23)16(8-11)25-2/h3-10,23H,1-2H3,(H,21,22)/b20-9-. The minimum absolute atomic E-state index is 0.0966. The van der Waals surface area contributed by atoms with Crippen LogP contribution in [0.5, 0.6) is 17.2 Å². The van der Waals surface area contributed by atoms with Crippen molar-refractivity contribution in [2.24, 2.45) is 5.10 Å². The molecule has 3 aromatic rings. The molecule has 3 rings (SSSR count). The van der Waals surface area contributed by atoms with Gasteiger partial charge in [0.1, 0.15) is 5.75 Å². The van der Waals surface area contributed by atoms with Crippen LogP contribution in [0.1, 0.15) is 5.56 Å². The number of anilines is 1. The second-order valence-electron chi connectivity index (χ2n) is 5.16. The van der Waals surface area contributed by atoms with Gasteiger partial charge in [0.2, 0.25) is 5.13 Å². The number of nitrogens with one attached hydrogen (secondary N) is 1. The maximum atomic E-state index is 9.74. The van der Waals surface area contributed by atoms with E-state index in [-0.39, 0.29) is 16.5 Å². The molecule has 1 aromatic heterocycles. The molecule has 0 radical (unpaired) electrons. The van der Waals surface area contributed by atoms with Crippen LogP contribution < -0.4 is 14.9 Å². The number of phenols is 1. The molecule has 0 amide bonds. The Morgan fingerprint density at radius 1 is 1.19 bits per heavy atom. The van der Waals surface area contributed by atoms with Crippen LogP contribution in [0.2, 0.25) is 5.02 Å². The number of hydrazone groups is 1. The molecule has 0 bridgehead atoms. The van der Waals surface area contributed by atoms with Crippen molar-refractivity contribution in [3.05, 3.63) is 52.4 Å². The van der Waals surface area contributed by atoms with Gasteiger partial charge >= 0.3 is 0 Å². The number of hydrogen-bond donors (Lipinski definition) is 2. The molecule has 1 heterocycles. The van der Waals surface area contributed by atoms with Gasteiger partial charge in [-0.15, -0.1) is 11.3 Å². The van der Waals surface area contributed by atoms with Crippen LogP contribution >= 0.6 is 22.9 Å². The van der Waals surface area contributed by atoms with Crippen molar-refractivity contribution in [1.82, 2.24) is 4.98 Å². The molecule has 0 aliphatic rings. The van der Waals surface area contributed by atoms with Gasteiger partial charge in [0.05, 0.1) is 31.2 Å². The highest BCUT2D eigenvalue weighted by molar-refractivity contribution is 7.14. The maximum Gasteiger partial charge on any atom is 0.203 e. The molecule has 26 heavy (non-hydrogen) atoms. The monoisotopic (exact) mass is 389 g/mol. The average molecular weight is 390 g/mol. The maximum absolute atomic E-state index is 9.74. The molecule has 8 heteroatoms. The minimum Gasteiger partial charge on any atom is -0.503 e. The molecular weight excluding hydrogens is 374 g/mol. The quantitative estimate of drug-likeness (QED) is 0.474. The average Bonchev–Trinajstić information content (AvgIpc) is 3.13. The lowest BCUT2D eigenvalue weighted by atomic mass is 10.1. The Labute approximate surface area is 159 Å². The van der Waals surface area contributed by atoms with Gasteiger partial charge in [-0.2, -0.15) is 5.10 Å². The first-order chi connectivity index (χ1) is 12.6. The van der Waals surface area contributed by atoms with E-state index in [1.165, 1.54) is 18.4 Å².